The van der Waals surface area contributed by atoms with Gasteiger partial charge in [-0.15, -0.1) is 0 Å². The van der Waals surface area contributed by atoms with Crippen LogP contribution in [-0.4, -0.2) is 37.2 Å². The summed E-state index contributed by atoms with van der Waals surface area (Å²) >= 11 is 0. The molecule has 1 atom stereocenters. The number of esters is 3. The van der Waals surface area contributed by atoms with Gasteiger partial charge in [0.25, 0.3) is 0 Å². The van der Waals surface area contributed by atoms with Crippen molar-refractivity contribution < 1.29 is 28.6 Å². The van der Waals surface area contributed by atoms with Gasteiger partial charge in [0.15, 0.2) is 6.10 Å². The van der Waals surface area contributed by atoms with Gasteiger partial charge in [-0.25, -0.2) is 0 Å². The van der Waals surface area contributed by atoms with Crippen molar-refractivity contribution in [1.82, 2.24) is 0 Å². The Morgan fingerprint density at radius 2 is 0.494 bits per heavy atom. The monoisotopic (exact) mass is 1140 g/mol. The lowest BCUT2D eigenvalue weighted by atomic mass is 10.1. The van der Waals surface area contributed by atoms with E-state index < -0.39 is 12.1 Å². The standard InChI is InChI=1S/C77H116O6/c1-4-7-10-13-16-19-22-25-28-31-34-35-36-37-38-39-40-41-44-46-49-52-55-58-61-64-67-70-76(79)82-73-74(83-77(80)71-68-65-62-59-56-53-50-47-43-33-30-27-24-21-18-15-12-9-6-3)72-81-75(78)69-66-63-60-57-54-51-48-45-42-32-29-26-23-20-17-14-11-8-5-2/h7,9-10,12,16-21,25-30,34-35,37-38,40-43,45-47,49,53,55-56,58,62,65,74H,4-6,8,11,13-15,22-24,31-33,36,39,44,48,50-52,54,57,59-61,63-64,66-73H2,1-3H3/b10-7-,12-9-,19-16-,20-17-,21-18-,28-25-,29-26-,30-27-,35-34-,38-37-,41-40-,45-42-,47-43-,49-46-,56-53-,58-55-,65-62-. The minimum atomic E-state index is -0.858. The van der Waals surface area contributed by atoms with E-state index >= 15 is 0 Å². The molecule has 0 saturated carbocycles. The number of ether oxygens (including phenoxy) is 3. The van der Waals surface area contributed by atoms with Gasteiger partial charge in [0.05, 0.1) is 0 Å². The predicted octanol–water partition coefficient (Wildman–Crippen LogP) is 22.8. The second kappa shape index (κ2) is 68.5. The Bertz CT molecular complexity index is 2030. The fraction of sp³-hybridized carbons (Fsp3) is 0.519. The van der Waals surface area contributed by atoms with E-state index in [1.807, 2.05) is 12.2 Å². The largest absolute Gasteiger partial charge is 0.462 e. The summed E-state index contributed by atoms with van der Waals surface area (Å²) in [5, 5.41) is 0. The van der Waals surface area contributed by atoms with Gasteiger partial charge in [-0.1, -0.05) is 266 Å². The molecule has 6 nitrogen and oxygen atoms in total. The highest BCUT2D eigenvalue weighted by Gasteiger charge is 2.19. The van der Waals surface area contributed by atoms with E-state index in [2.05, 4.69) is 215 Å². The van der Waals surface area contributed by atoms with Crippen LogP contribution in [0.1, 0.15) is 239 Å². The first kappa shape index (κ1) is 77.0. The third-order valence-electron chi connectivity index (χ3n) is 12.8. The Kier molecular flexibility index (Phi) is 63.5. The highest BCUT2D eigenvalue weighted by Crippen LogP contribution is 2.12. The number of rotatable bonds is 56. The van der Waals surface area contributed by atoms with Crippen LogP contribution in [0.15, 0.2) is 207 Å². The zero-order valence-electron chi connectivity index (χ0n) is 52.6. The van der Waals surface area contributed by atoms with E-state index in [9.17, 15) is 14.4 Å². The Morgan fingerprint density at radius 3 is 0.807 bits per heavy atom. The Hall–Kier alpha value is -6.01. The Balaban J connectivity index is 4.63. The number of carbonyl (C=O) groups is 3. The van der Waals surface area contributed by atoms with E-state index in [0.717, 1.165) is 148 Å². The average Bonchev–Trinajstić information content (AvgIpc) is 3.50. The van der Waals surface area contributed by atoms with Crippen LogP contribution >= 0.6 is 0 Å². The summed E-state index contributed by atoms with van der Waals surface area (Å²) in [6.45, 7) is 6.26. The molecule has 0 aliphatic heterocycles. The number of unbranched alkanes of at least 4 members (excludes halogenated alkanes) is 11. The van der Waals surface area contributed by atoms with Gasteiger partial charge < -0.3 is 14.2 Å². The molecule has 0 saturated heterocycles. The highest BCUT2D eigenvalue weighted by atomic mass is 16.6. The quantitative estimate of drug-likeness (QED) is 0.0261. The SMILES string of the molecule is CC/C=C\C/C=C\C/C=C\C/C=C\C/C=C\C/C=C\C/C=C\C/C=C\CCCCC(=O)OCC(COC(=O)CCCCCCCC/C=C\C/C=C\C/C=C\CCCCC)OC(=O)CC/C=C\C/C=C\C/C=C\C/C=C\C/C=C\C/C=C\CC. The van der Waals surface area contributed by atoms with E-state index in [1.165, 1.54) is 38.5 Å². The van der Waals surface area contributed by atoms with Gasteiger partial charge in [0.1, 0.15) is 13.2 Å². The summed E-state index contributed by atoms with van der Waals surface area (Å²) in [7, 11) is 0. The Morgan fingerprint density at radius 1 is 0.253 bits per heavy atom. The molecule has 0 amide bonds. The zero-order valence-corrected chi connectivity index (χ0v) is 52.6. The molecular weight excluding hydrogens is 1020 g/mol. The molecule has 0 aromatic carbocycles. The van der Waals surface area contributed by atoms with Gasteiger partial charge in [0.2, 0.25) is 0 Å². The van der Waals surface area contributed by atoms with Gasteiger partial charge in [0, 0.05) is 19.3 Å². The van der Waals surface area contributed by atoms with Crippen molar-refractivity contribution in [3.63, 3.8) is 0 Å². The highest BCUT2D eigenvalue weighted by molar-refractivity contribution is 5.71. The molecule has 0 heterocycles. The van der Waals surface area contributed by atoms with Crippen LogP contribution in [-0.2, 0) is 28.6 Å². The lowest BCUT2D eigenvalue weighted by Crippen LogP contribution is -2.30. The van der Waals surface area contributed by atoms with Crippen LogP contribution in [0.3, 0.4) is 0 Å². The number of hydrogen-bond acceptors (Lipinski definition) is 6. The molecule has 0 radical (unpaired) electrons. The second-order valence-corrected chi connectivity index (χ2v) is 20.5. The van der Waals surface area contributed by atoms with Crippen LogP contribution in [0, 0.1) is 0 Å². The molecule has 0 aliphatic carbocycles. The summed E-state index contributed by atoms with van der Waals surface area (Å²) < 4.78 is 16.8. The average molecular weight is 1140 g/mol. The molecule has 0 N–H and O–H groups in total. The smallest absolute Gasteiger partial charge is 0.306 e. The molecule has 460 valence electrons. The maximum atomic E-state index is 12.9. The van der Waals surface area contributed by atoms with Gasteiger partial charge in [-0.2, -0.15) is 0 Å². The lowest BCUT2D eigenvalue weighted by molar-refractivity contribution is -0.166. The van der Waals surface area contributed by atoms with Gasteiger partial charge in [-0.05, 0) is 161 Å². The molecule has 0 fully saturated rings. The van der Waals surface area contributed by atoms with E-state index in [1.54, 1.807) is 0 Å². The molecule has 6 heteroatoms. The third kappa shape index (κ3) is 66.7. The molecule has 1 unspecified atom stereocenters. The van der Waals surface area contributed by atoms with Crippen LogP contribution in [0.2, 0.25) is 0 Å². The Labute approximate surface area is 509 Å². The fourth-order valence-electron chi connectivity index (χ4n) is 7.96. The maximum Gasteiger partial charge on any atom is 0.306 e. The molecule has 0 rings (SSSR count). The first-order valence-corrected chi connectivity index (χ1v) is 32.6. The van der Waals surface area contributed by atoms with Crippen molar-refractivity contribution in [1.29, 1.82) is 0 Å². The molecule has 0 aliphatic rings. The first-order valence-electron chi connectivity index (χ1n) is 32.6. The lowest BCUT2D eigenvalue weighted by Gasteiger charge is -2.18. The molecule has 0 aromatic heterocycles. The van der Waals surface area contributed by atoms with Crippen LogP contribution in [0.4, 0.5) is 0 Å². The van der Waals surface area contributed by atoms with Crippen LogP contribution in [0.5, 0.6) is 0 Å². The van der Waals surface area contributed by atoms with E-state index in [-0.39, 0.29) is 38.0 Å². The van der Waals surface area contributed by atoms with Crippen molar-refractivity contribution in [2.45, 2.75) is 245 Å². The number of hydrogen-bond donors (Lipinski definition) is 0. The van der Waals surface area contributed by atoms with Gasteiger partial charge >= 0.3 is 17.9 Å². The zero-order chi connectivity index (χ0) is 59.9. The van der Waals surface area contributed by atoms with Crippen molar-refractivity contribution >= 4 is 17.9 Å². The summed E-state index contributed by atoms with van der Waals surface area (Å²) in [5.41, 5.74) is 0. The van der Waals surface area contributed by atoms with Gasteiger partial charge in [-0.3, -0.25) is 14.4 Å². The molecule has 0 spiro atoms. The molecule has 0 bridgehead atoms. The fourth-order valence-corrected chi connectivity index (χ4v) is 7.96. The molecule has 0 aromatic rings. The van der Waals surface area contributed by atoms with Crippen molar-refractivity contribution in [2.75, 3.05) is 13.2 Å². The summed E-state index contributed by atoms with van der Waals surface area (Å²) in [5.74, 6) is -1.09. The van der Waals surface area contributed by atoms with Crippen molar-refractivity contribution in [3.8, 4) is 0 Å². The van der Waals surface area contributed by atoms with Crippen molar-refractivity contribution in [3.05, 3.63) is 207 Å². The normalized spacial score (nSPS) is 13.5. The minimum absolute atomic E-state index is 0.141. The maximum absolute atomic E-state index is 12.9. The van der Waals surface area contributed by atoms with Crippen molar-refractivity contribution in [2.24, 2.45) is 0 Å². The van der Waals surface area contributed by atoms with Crippen LogP contribution < -0.4 is 0 Å². The topological polar surface area (TPSA) is 78.9 Å². The first-order chi connectivity index (χ1) is 41.0. The molecule has 83 heavy (non-hydrogen) atoms. The van der Waals surface area contributed by atoms with E-state index in [4.69, 9.17) is 14.2 Å². The third-order valence-corrected chi connectivity index (χ3v) is 12.8. The number of carbonyl (C=O) groups excluding carboxylic acids is 3. The van der Waals surface area contributed by atoms with E-state index in [0.29, 0.717) is 19.3 Å². The summed E-state index contributed by atoms with van der Waals surface area (Å²) in [6, 6.07) is 0. The minimum Gasteiger partial charge on any atom is -0.462 e. The number of allylic oxidation sites excluding steroid dienone is 34. The van der Waals surface area contributed by atoms with Crippen LogP contribution in [0.25, 0.3) is 0 Å². The molecular formula is C77H116O6. The summed E-state index contributed by atoms with van der Waals surface area (Å²) in [4.78, 5) is 38.3. The second-order valence-electron chi connectivity index (χ2n) is 20.5. The predicted molar refractivity (Wildman–Crippen MR) is 361 cm³/mol. The summed E-state index contributed by atoms with van der Waals surface area (Å²) in [6.07, 6.45) is 106.